The molecule has 0 radical (unpaired) electrons. The quantitative estimate of drug-likeness (QED) is 0.517. The van der Waals surface area contributed by atoms with E-state index < -0.39 is 0 Å². The molecule has 0 spiro atoms. The smallest absolute Gasteiger partial charge is 0.237 e. The van der Waals surface area contributed by atoms with E-state index >= 15 is 0 Å². The van der Waals surface area contributed by atoms with Gasteiger partial charge in [0.15, 0.2) is 0 Å². The zero-order valence-corrected chi connectivity index (χ0v) is 10.7. The van der Waals surface area contributed by atoms with Crippen molar-refractivity contribution in [2.24, 2.45) is 5.92 Å². The minimum atomic E-state index is -0.0306. The van der Waals surface area contributed by atoms with Gasteiger partial charge in [-0.25, -0.2) is 0 Å². The number of ether oxygens (including phenoxy) is 1. The predicted octanol–water partition coefficient (Wildman–Crippen LogP) is 1.08. The number of piperidine rings is 1. The van der Waals surface area contributed by atoms with Gasteiger partial charge in [-0.05, 0) is 31.7 Å². The molecule has 0 bridgehead atoms. The average molecular weight is 240 g/mol. The van der Waals surface area contributed by atoms with Crippen LogP contribution < -0.4 is 10.6 Å². The Hall–Kier alpha value is -0.870. The standard InChI is InChI=1S/C13H24N2O2/c1-3-4-9-17-10-8-15-13(16)12-11(2)6-5-7-14-12/h3,11-12,14H,1,4-10H2,2H3,(H,15,16). The van der Waals surface area contributed by atoms with Crippen molar-refractivity contribution in [2.75, 3.05) is 26.3 Å². The van der Waals surface area contributed by atoms with Crippen molar-refractivity contribution in [3.63, 3.8) is 0 Å². The summed E-state index contributed by atoms with van der Waals surface area (Å²) in [6.07, 6.45) is 4.97. The molecule has 1 fully saturated rings. The first-order valence-electron chi connectivity index (χ1n) is 6.45. The van der Waals surface area contributed by atoms with Crippen molar-refractivity contribution >= 4 is 5.91 Å². The summed E-state index contributed by atoms with van der Waals surface area (Å²) in [4.78, 5) is 11.9. The third-order valence-electron chi connectivity index (χ3n) is 3.06. The average Bonchev–Trinajstić information content (AvgIpc) is 2.34. The number of carbonyl (C=O) groups is 1. The van der Waals surface area contributed by atoms with Gasteiger partial charge in [-0.15, -0.1) is 6.58 Å². The van der Waals surface area contributed by atoms with E-state index in [2.05, 4.69) is 24.1 Å². The topological polar surface area (TPSA) is 50.4 Å². The second kappa shape index (κ2) is 8.25. The molecule has 17 heavy (non-hydrogen) atoms. The lowest BCUT2D eigenvalue weighted by molar-refractivity contribution is -0.125. The van der Waals surface area contributed by atoms with Crippen LogP contribution in [0.1, 0.15) is 26.2 Å². The number of hydrogen-bond acceptors (Lipinski definition) is 3. The summed E-state index contributed by atoms with van der Waals surface area (Å²) in [6, 6.07) is -0.0306. The Morgan fingerprint density at radius 2 is 2.41 bits per heavy atom. The van der Waals surface area contributed by atoms with Crippen LogP contribution in [0.3, 0.4) is 0 Å². The highest BCUT2D eigenvalue weighted by atomic mass is 16.5. The van der Waals surface area contributed by atoms with Crippen LogP contribution in [0.15, 0.2) is 12.7 Å². The Balaban J connectivity index is 2.09. The molecule has 0 aromatic carbocycles. The van der Waals surface area contributed by atoms with Crippen molar-refractivity contribution < 1.29 is 9.53 Å². The third kappa shape index (κ3) is 5.33. The Bertz CT molecular complexity index is 244. The maximum atomic E-state index is 11.9. The summed E-state index contributed by atoms with van der Waals surface area (Å²) >= 11 is 0. The van der Waals surface area contributed by atoms with Gasteiger partial charge in [-0.3, -0.25) is 4.79 Å². The predicted molar refractivity (Wildman–Crippen MR) is 68.8 cm³/mol. The molecule has 1 rings (SSSR count). The molecular formula is C13H24N2O2. The van der Waals surface area contributed by atoms with Gasteiger partial charge in [0.25, 0.3) is 0 Å². The van der Waals surface area contributed by atoms with E-state index in [-0.39, 0.29) is 11.9 Å². The van der Waals surface area contributed by atoms with E-state index in [0.29, 0.717) is 25.7 Å². The number of carbonyl (C=O) groups excluding carboxylic acids is 1. The molecule has 1 amide bonds. The second-order valence-corrected chi connectivity index (χ2v) is 4.53. The summed E-state index contributed by atoms with van der Waals surface area (Å²) in [7, 11) is 0. The summed E-state index contributed by atoms with van der Waals surface area (Å²) < 4.78 is 5.33. The first-order valence-corrected chi connectivity index (χ1v) is 6.45. The molecule has 1 saturated heterocycles. The zero-order valence-electron chi connectivity index (χ0n) is 10.7. The molecule has 4 nitrogen and oxygen atoms in total. The molecule has 1 heterocycles. The van der Waals surface area contributed by atoms with Gasteiger partial charge < -0.3 is 15.4 Å². The minimum Gasteiger partial charge on any atom is -0.379 e. The first-order chi connectivity index (χ1) is 8.25. The highest BCUT2D eigenvalue weighted by Crippen LogP contribution is 2.15. The lowest BCUT2D eigenvalue weighted by atomic mass is 9.92. The van der Waals surface area contributed by atoms with E-state index in [1.807, 2.05) is 6.08 Å². The van der Waals surface area contributed by atoms with Gasteiger partial charge in [-0.1, -0.05) is 13.0 Å². The molecular weight excluding hydrogens is 216 g/mol. The molecule has 0 aromatic rings. The van der Waals surface area contributed by atoms with Crippen LogP contribution in [0.2, 0.25) is 0 Å². The van der Waals surface area contributed by atoms with E-state index in [4.69, 9.17) is 4.74 Å². The van der Waals surface area contributed by atoms with Crippen LogP contribution in [-0.4, -0.2) is 38.3 Å². The lowest BCUT2D eigenvalue weighted by Gasteiger charge is -2.28. The van der Waals surface area contributed by atoms with Crippen molar-refractivity contribution in [2.45, 2.75) is 32.2 Å². The normalized spacial score (nSPS) is 24.3. The molecule has 0 saturated carbocycles. The Morgan fingerprint density at radius 3 is 3.12 bits per heavy atom. The first kappa shape index (κ1) is 14.2. The molecule has 98 valence electrons. The van der Waals surface area contributed by atoms with Gasteiger partial charge in [0, 0.05) is 6.54 Å². The SMILES string of the molecule is C=CCCOCCNC(=O)C1NCCCC1C. The van der Waals surface area contributed by atoms with Crippen molar-refractivity contribution in [1.82, 2.24) is 10.6 Å². The number of hydrogen-bond donors (Lipinski definition) is 2. The van der Waals surface area contributed by atoms with E-state index in [1.165, 1.54) is 0 Å². The molecule has 1 aliphatic heterocycles. The van der Waals surface area contributed by atoms with Crippen molar-refractivity contribution in [3.8, 4) is 0 Å². The zero-order chi connectivity index (χ0) is 12.5. The summed E-state index contributed by atoms with van der Waals surface area (Å²) in [5, 5.41) is 6.17. The molecule has 0 aromatic heterocycles. The van der Waals surface area contributed by atoms with Gasteiger partial charge in [0.2, 0.25) is 5.91 Å². The minimum absolute atomic E-state index is 0.0306. The van der Waals surface area contributed by atoms with E-state index in [9.17, 15) is 4.79 Å². The van der Waals surface area contributed by atoms with Gasteiger partial charge >= 0.3 is 0 Å². The maximum Gasteiger partial charge on any atom is 0.237 e. The number of nitrogens with one attached hydrogen (secondary N) is 2. The van der Waals surface area contributed by atoms with Crippen LogP contribution >= 0.6 is 0 Å². The van der Waals surface area contributed by atoms with Crippen molar-refractivity contribution in [1.29, 1.82) is 0 Å². The number of rotatable bonds is 7. The Morgan fingerprint density at radius 1 is 1.59 bits per heavy atom. The van der Waals surface area contributed by atoms with Crippen LogP contribution in [0, 0.1) is 5.92 Å². The molecule has 1 aliphatic rings. The van der Waals surface area contributed by atoms with Gasteiger partial charge in [-0.2, -0.15) is 0 Å². The molecule has 2 atom stereocenters. The van der Waals surface area contributed by atoms with Crippen LogP contribution in [0.25, 0.3) is 0 Å². The van der Waals surface area contributed by atoms with Crippen LogP contribution in [0.4, 0.5) is 0 Å². The fourth-order valence-electron chi connectivity index (χ4n) is 2.03. The Labute approximate surface area is 104 Å². The van der Waals surface area contributed by atoms with E-state index in [0.717, 1.165) is 25.8 Å². The Kier molecular flexibility index (Phi) is 6.89. The summed E-state index contributed by atoms with van der Waals surface area (Å²) in [6.45, 7) is 8.52. The van der Waals surface area contributed by atoms with E-state index in [1.54, 1.807) is 0 Å². The fourth-order valence-corrected chi connectivity index (χ4v) is 2.03. The second-order valence-electron chi connectivity index (χ2n) is 4.53. The summed E-state index contributed by atoms with van der Waals surface area (Å²) in [5.74, 6) is 0.523. The lowest BCUT2D eigenvalue weighted by Crippen LogP contribution is -2.51. The van der Waals surface area contributed by atoms with Gasteiger partial charge in [0.1, 0.15) is 0 Å². The molecule has 2 unspecified atom stereocenters. The highest BCUT2D eigenvalue weighted by molar-refractivity contribution is 5.82. The highest BCUT2D eigenvalue weighted by Gasteiger charge is 2.26. The molecule has 0 aliphatic carbocycles. The third-order valence-corrected chi connectivity index (χ3v) is 3.06. The number of amides is 1. The van der Waals surface area contributed by atoms with Crippen molar-refractivity contribution in [3.05, 3.63) is 12.7 Å². The molecule has 4 heteroatoms. The summed E-state index contributed by atoms with van der Waals surface area (Å²) in [5.41, 5.74) is 0. The fraction of sp³-hybridized carbons (Fsp3) is 0.769. The molecule has 2 N–H and O–H groups in total. The largest absolute Gasteiger partial charge is 0.379 e. The van der Waals surface area contributed by atoms with Gasteiger partial charge in [0.05, 0.1) is 19.3 Å². The monoisotopic (exact) mass is 240 g/mol. The van der Waals surface area contributed by atoms with Crippen LogP contribution in [0.5, 0.6) is 0 Å². The maximum absolute atomic E-state index is 11.9. The van der Waals surface area contributed by atoms with Crippen LogP contribution in [-0.2, 0) is 9.53 Å².